The van der Waals surface area contributed by atoms with Crippen LogP contribution in [-0.4, -0.2) is 34.0 Å². The minimum atomic E-state index is -0.271. The van der Waals surface area contributed by atoms with Crippen molar-refractivity contribution < 1.29 is 14.3 Å². The van der Waals surface area contributed by atoms with Gasteiger partial charge in [0.1, 0.15) is 11.3 Å². The smallest absolute Gasteiger partial charge is 0.316 e. The first-order valence-corrected chi connectivity index (χ1v) is 6.45. The number of rotatable bonds is 5. The molecule has 0 atom stereocenters. The van der Waals surface area contributed by atoms with Crippen molar-refractivity contribution >= 4 is 29.7 Å². The molecule has 0 saturated carbocycles. The normalized spacial score (nSPS) is 10.5. The molecule has 0 spiro atoms. The molecule has 0 radical (unpaired) electrons. The number of hydrogen-bond donors (Lipinski definition) is 0. The van der Waals surface area contributed by atoms with Gasteiger partial charge in [0, 0.05) is 0 Å². The van der Waals surface area contributed by atoms with Crippen molar-refractivity contribution in [2.75, 3.05) is 12.4 Å². The minimum absolute atomic E-state index is 0.212. The van der Waals surface area contributed by atoms with Gasteiger partial charge in [-0.2, -0.15) is 0 Å². The van der Waals surface area contributed by atoms with Crippen LogP contribution in [0.3, 0.4) is 0 Å². The Kier molecular flexibility index (Phi) is 3.99. The fourth-order valence-corrected chi connectivity index (χ4v) is 2.41. The second kappa shape index (κ2) is 5.68. The Hall–Kier alpha value is -1.82. The van der Waals surface area contributed by atoms with E-state index in [-0.39, 0.29) is 11.7 Å². The lowest BCUT2D eigenvalue weighted by atomic mass is 10.4. The van der Waals surface area contributed by atoms with Crippen molar-refractivity contribution in [1.29, 1.82) is 0 Å². The van der Waals surface area contributed by atoms with Crippen LogP contribution < -0.4 is 0 Å². The van der Waals surface area contributed by atoms with Crippen LogP contribution in [0, 0.1) is 0 Å². The Morgan fingerprint density at radius 2 is 2.39 bits per heavy atom. The first-order valence-electron chi connectivity index (χ1n) is 5.46. The largest absolute Gasteiger partial charge is 0.465 e. The van der Waals surface area contributed by atoms with Gasteiger partial charge < -0.3 is 4.74 Å². The van der Waals surface area contributed by atoms with Crippen molar-refractivity contribution in [3.05, 3.63) is 30.1 Å². The summed E-state index contributed by atoms with van der Waals surface area (Å²) in [6.45, 7) is 2.14. The third-order valence-electron chi connectivity index (χ3n) is 2.28. The van der Waals surface area contributed by atoms with Crippen molar-refractivity contribution in [3.8, 4) is 0 Å². The Morgan fingerprint density at radius 1 is 1.56 bits per heavy atom. The maximum Gasteiger partial charge on any atom is 0.316 e. The molecule has 0 N–H and O–H groups in total. The summed E-state index contributed by atoms with van der Waals surface area (Å²) in [6, 6.07) is 5.48. The Bertz CT molecular complexity index is 580. The van der Waals surface area contributed by atoms with E-state index in [1.54, 1.807) is 17.4 Å². The molecule has 0 aliphatic carbocycles. The van der Waals surface area contributed by atoms with Crippen LogP contribution in [0.25, 0.3) is 5.65 Å². The number of aromatic nitrogens is 2. The highest BCUT2D eigenvalue weighted by Crippen LogP contribution is 2.20. The molecular formula is C12H12N2O3S. The number of ether oxygens (including phenoxy) is 1. The predicted molar refractivity (Wildman–Crippen MR) is 67.9 cm³/mol. The third kappa shape index (κ3) is 2.53. The lowest BCUT2D eigenvalue weighted by Crippen LogP contribution is -2.07. The molecule has 18 heavy (non-hydrogen) atoms. The average Bonchev–Trinajstić information content (AvgIpc) is 2.80. The fraction of sp³-hybridized carbons (Fsp3) is 0.250. The third-order valence-corrected chi connectivity index (χ3v) is 3.28. The predicted octanol–water partition coefficient (Wildman–Crippen LogP) is 1.80. The van der Waals surface area contributed by atoms with Crippen molar-refractivity contribution in [1.82, 2.24) is 9.38 Å². The van der Waals surface area contributed by atoms with E-state index in [0.29, 0.717) is 17.9 Å². The van der Waals surface area contributed by atoms with Gasteiger partial charge in [-0.25, -0.2) is 4.98 Å². The molecule has 2 aromatic rings. The molecule has 2 aromatic heterocycles. The summed E-state index contributed by atoms with van der Waals surface area (Å²) in [5.74, 6) is -0.0593. The molecule has 0 amide bonds. The molecule has 0 aromatic carbocycles. The van der Waals surface area contributed by atoms with Crippen LogP contribution in [0.15, 0.2) is 29.4 Å². The van der Waals surface area contributed by atoms with Gasteiger partial charge in [0.15, 0.2) is 6.29 Å². The molecule has 0 unspecified atom stereocenters. The van der Waals surface area contributed by atoms with E-state index in [4.69, 9.17) is 4.74 Å². The van der Waals surface area contributed by atoms with Crippen LogP contribution >= 0.6 is 11.8 Å². The molecule has 0 fully saturated rings. The van der Waals surface area contributed by atoms with Gasteiger partial charge in [-0.15, -0.1) is 0 Å². The summed E-state index contributed by atoms with van der Waals surface area (Å²) < 4.78 is 6.58. The highest BCUT2D eigenvalue weighted by atomic mass is 32.2. The molecule has 0 aliphatic rings. The van der Waals surface area contributed by atoms with Gasteiger partial charge in [0.05, 0.1) is 23.6 Å². The summed E-state index contributed by atoms with van der Waals surface area (Å²) in [4.78, 5) is 26.3. The second-order valence-corrected chi connectivity index (χ2v) is 4.45. The number of esters is 1. The lowest BCUT2D eigenvalue weighted by molar-refractivity contribution is -0.139. The first-order chi connectivity index (χ1) is 8.76. The summed E-state index contributed by atoms with van der Waals surface area (Å²) in [7, 11) is 0. The van der Waals surface area contributed by atoms with E-state index in [1.807, 2.05) is 12.1 Å². The Morgan fingerprint density at radius 3 is 3.11 bits per heavy atom. The number of carbonyl (C=O) groups is 2. The lowest BCUT2D eigenvalue weighted by Gasteiger charge is -2.06. The quantitative estimate of drug-likeness (QED) is 0.468. The van der Waals surface area contributed by atoms with Crippen LogP contribution in [0.2, 0.25) is 0 Å². The number of aldehydes is 1. The first kappa shape index (κ1) is 12.6. The topological polar surface area (TPSA) is 60.7 Å². The molecule has 0 bridgehead atoms. The molecular weight excluding hydrogens is 252 g/mol. The van der Waals surface area contributed by atoms with Crippen molar-refractivity contribution in [2.24, 2.45) is 0 Å². The number of thioether (sulfide) groups is 1. The van der Waals surface area contributed by atoms with Gasteiger partial charge in [0.2, 0.25) is 0 Å². The Balaban J connectivity index is 2.24. The van der Waals surface area contributed by atoms with E-state index in [0.717, 1.165) is 11.3 Å². The summed E-state index contributed by atoms with van der Waals surface area (Å²) in [6.07, 6.45) is 2.26. The fourth-order valence-electron chi connectivity index (χ4n) is 1.56. The second-order valence-electron chi connectivity index (χ2n) is 3.45. The van der Waals surface area contributed by atoms with Gasteiger partial charge in [-0.3, -0.25) is 14.0 Å². The molecule has 2 heterocycles. The monoisotopic (exact) mass is 264 g/mol. The van der Waals surface area contributed by atoms with E-state index in [9.17, 15) is 9.59 Å². The molecule has 6 heteroatoms. The van der Waals surface area contributed by atoms with Crippen LogP contribution in [0.4, 0.5) is 0 Å². The average molecular weight is 264 g/mol. The number of hydrogen-bond acceptors (Lipinski definition) is 5. The van der Waals surface area contributed by atoms with E-state index < -0.39 is 0 Å². The molecule has 5 nitrogen and oxygen atoms in total. The van der Waals surface area contributed by atoms with Gasteiger partial charge >= 0.3 is 5.97 Å². The summed E-state index contributed by atoms with van der Waals surface area (Å²) >= 11 is 1.32. The number of pyridine rings is 1. The molecule has 2 rings (SSSR count). The van der Waals surface area contributed by atoms with Crippen LogP contribution in [0.5, 0.6) is 0 Å². The van der Waals surface area contributed by atoms with Gasteiger partial charge in [0.25, 0.3) is 0 Å². The zero-order valence-corrected chi connectivity index (χ0v) is 10.6. The van der Waals surface area contributed by atoms with E-state index in [1.165, 1.54) is 18.0 Å². The molecule has 0 aliphatic heterocycles. The highest BCUT2D eigenvalue weighted by molar-refractivity contribution is 7.99. The van der Waals surface area contributed by atoms with Crippen molar-refractivity contribution in [2.45, 2.75) is 11.9 Å². The van der Waals surface area contributed by atoms with Gasteiger partial charge in [-0.05, 0) is 19.1 Å². The van der Waals surface area contributed by atoms with Crippen molar-refractivity contribution in [3.63, 3.8) is 0 Å². The zero-order valence-electron chi connectivity index (χ0n) is 9.83. The molecule has 94 valence electrons. The summed E-state index contributed by atoms with van der Waals surface area (Å²) in [5.41, 5.74) is 1.16. The van der Waals surface area contributed by atoms with E-state index in [2.05, 4.69) is 4.98 Å². The minimum Gasteiger partial charge on any atom is -0.465 e. The van der Waals surface area contributed by atoms with Crippen LogP contribution in [0.1, 0.15) is 17.4 Å². The number of fused-ring (bicyclic) bond motifs is 1. The van der Waals surface area contributed by atoms with Gasteiger partial charge in [-0.1, -0.05) is 17.8 Å². The van der Waals surface area contributed by atoms with Crippen LogP contribution in [-0.2, 0) is 9.53 Å². The molecule has 0 saturated heterocycles. The maximum absolute atomic E-state index is 11.3. The zero-order chi connectivity index (χ0) is 13.0. The standard InChI is InChI=1S/C12H12N2O3S/c1-2-17-12(16)8-18-11-5-3-4-10-13-6-9(7-15)14(10)11/h3-7H,2,8H2,1H3. The maximum atomic E-state index is 11.3. The highest BCUT2D eigenvalue weighted by Gasteiger charge is 2.09. The number of nitrogens with zero attached hydrogens (tertiary/aromatic N) is 2. The summed E-state index contributed by atoms with van der Waals surface area (Å²) in [5, 5.41) is 0.792. The number of carbonyl (C=O) groups excluding carboxylic acids is 2. The number of imidazole rings is 1. The SMILES string of the molecule is CCOC(=O)CSc1cccc2ncc(C=O)n12. The van der Waals surface area contributed by atoms with E-state index >= 15 is 0 Å². The Labute approximate surface area is 108 Å².